The average molecular weight is 249 g/mol. The van der Waals surface area contributed by atoms with Crippen LogP contribution in [0, 0.1) is 0 Å². The third kappa shape index (κ3) is 2.48. The monoisotopic (exact) mass is 249 g/mol. The van der Waals surface area contributed by atoms with E-state index in [9.17, 15) is 4.79 Å². The lowest BCUT2D eigenvalue weighted by Crippen LogP contribution is -2.35. The molecule has 18 heavy (non-hydrogen) atoms. The number of hydrogen-bond donors (Lipinski definition) is 0. The summed E-state index contributed by atoms with van der Waals surface area (Å²) in [5.41, 5.74) is 0.686. The van der Waals surface area contributed by atoms with E-state index in [1.807, 2.05) is 25.1 Å². The normalized spacial score (nSPS) is 14.9. The smallest absolute Gasteiger partial charge is 0.231 e. The van der Waals surface area contributed by atoms with Gasteiger partial charge in [0.25, 0.3) is 0 Å². The molecule has 0 spiro atoms. The van der Waals surface area contributed by atoms with Gasteiger partial charge in [-0.1, -0.05) is 13.3 Å². The van der Waals surface area contributed by atoms with Crippen LogP contribution in [0.2, 0.25) is 0 Å². The average Bonchev–Trinajstić information content (AvgIpc) is 2.81. The van der Waals surface area contributed by atoms with Gasteiger partial charge in [0.1, 0.15) is 0 Å². The van der Waals surface area contributed by atoms with E-state index >= 15 is 0 Å². The van der Waals surface area contributed by atoms with Crippen molar-refractivity contribution in [1.82, 2.24) is 4.90 Å². The molecule has 0 radical (unpaired) electrons. The fraction of sp³-hybridized carbons (Fsp3) is 0.500. The molecule has 1 atom stereocenters. The number of hydrogen-bond acceptors (Lipinski definition) is 4. The third-order valence-corrected chi connectivity index (χ3v) is 3.15. The Morgan fingerprint density at radius 1 is 1.33 bits per heavy atom. The molecule has 98 valence electrons. The Labute approximate surface area is 107 Å². The van der Waals surface area contributed by atoms with Crippen molar-refractivity contribution in [3.05, 3.63) is 23.8 Å². The molecule has 1 unspecified atom stereocenters. The molecule has 0 fully saturated rings. The first kappa shape index (κ1) is 12.9. The van der Waals surface area contributed by atoms with Crippen molar-refractivity contribution in [2.24, 2.45) is 0 Å². The van der Waals surface area contributed by atoms with Gasteiger partial charge < -0.3 is 9.47 Å². The Kier molecular flexibility index (Phi) is 3.87. The van der Waals surface area contributed by atoms with E-state index < -0.39 is 0 Å². The number of nitrogens with zero attached hydrogens (tertiary/aromatic N) is 1. The zero-order chi connectivity index (χ0) is 13.1. The summed E-state index contributed by atoms with van der Waals surface area (Å²) in [4.78, 5) is 14.4. The van der Waals surface area contributed by atoms with E-state index in [-0.39, 0.29) is 18.6 Å². The van der Waals surface area contributed by atoms with Crippen molar-refractivity contribution >= 4 is 5.78 Å². The van der Waals surface area contributed by atoms with Gasteiger partial charge in [-0.05, 0) is 38.7 Å². The van der Waals surface area contributed by atoms with E-state index in [4.69, 9.17) is 9.47 Å². The molecule has 1 aromatic rings. The summed E-state index contributed by atoms with van der Waals surface area (Å²) in [6.45, 7) is 2.32. The highest BCUT2D eigenvalue weighted by Gasteiger charge is 2.23. The topological polar surface area (TPSA) is 38.8 Å². The van der Waals surface area contributed by atoms with Crippen LogP contribution in [0.25, 0.3) is 0 Å². The van der Waals surface area contributed by atoms with Crippen LogP contribution in [-0.4, -0.2) is 37.6 Å². The number of carbonyl (C=O) groups excluding carboxylic acids is 1. The first-order valence-corrected chi connectivity index (χ1v) is 6.23. The second-order valence-electron chi connectivity index (χ2n) is 4.70. The van der Waals surface area contributed by atoms with Gasteiger partial charge in [0, 0.05) is 5.56 Å². The van der Waals surface area contributed by atoms with Gasteiger partial charge in [-0.3, -0.25) is 9.69 Å². The van der Waals surface area contributed by atoms with Gasteiger partial charge in [0.2, 0.25) is 6.79 Å². The minimum atomic E-state index is -0.0737. The van der Waals surface area contributed by atoms with Gasteiger partial charge in [0.15, 0.2) is 17.3 Å². The zero-order valence-corrected chi connectivity index (χ0v) is 11.1. The lowest BCUT2D eigenvalue weighted by molar-refractivity contribution is 0.0865. The van der Waals surface area contributed by atoms with Crippen LogP contribution >= 0.6 is 0 Å². The van der Waals surface area contributed by atoms with Crippen LogP contribution < -0.4 is 9.47 Å². The summed E-state index contributed by atoms with van der Waals surface area (Å²) in [7, 11) is 3.87. The first-order chi connectivity index (χ1) is 8.63. The molecule has 0 saturated heterocycles. The number of benzene rings is 1. The molecule has 0 aromatic heterocycles. The summed E-state index contributed by atoms with van der Waals surface area (Å²) < 4.78 is 10.5. The molecule has 4 heteroatoms. The van der Waals surface area contributed by atoms with Gasteiger partial charge in [-0.15, -0.1) is 0 Å². The third-order valence-electron chi connectivity index (χ3n) is 3.15. The Morgan fingerprint density at radius 3 is 2.72 bits per heavy atom. The molecule has 1 heterocycles. The predicted molar refractivity (Wildman–Crippen MR) is 69.3 cm³/mol. The lowest BCUT2D eigenvalue weighted by atomic mass is 9.99. The number of rotatable bonds is 5. The molecule has 1 aliphatic rings. The second kappa shape index (κ2) is 5.40. The number of ether oxygens (including phenoxy) is 2. The number of carbonyl (C=O) groups is 1. The Morgan fingerprint density at radius 2 is 2.06 bits per heavy atom. The number of likely N-dealkylation sites (N-methyl/N-ethyl adjacent to an activating group) is 1. The molecule has 0 N–H and O–H groups in total. The van der Waals surface area contributed by atoms with Crippen LogP contribution in [0.15, 0.2) is 18.2 Å². The zero-order valence-electron chi connectivity index (χ0n) is 11.1. The highest BCUT2D eigenvalue weighted by atomic mass is 16.7. The summed E-state index contributed by atoms with van der Waals surface area (Å²) in [5, 5.41) is 0. The van der Waals surface area contributed by atoms with Crippen LogP contribution in [0.5, 0.6) is 11.5 Å². The maximum atomic E-state index is 12.4. The second-order valence-corrected chi connectivity index (χ2v) is 4.70. The van der Waals surface area contributed by atoms with Crippen molar-refractivity contribution in [3.8, 4) is 11.5 Å². The Hall–Kier alpha value is -1.55. The summed E-state index contributed by atoms with van der Waals surface area (Å²) >= 11 is 0. The summed E-state index contributed by atoms with van der Waals surface area (Å²) in [5.74, 6) is 1.51. The van der Waals surface area contributed by atoms with Crippen molar-refractivity contribution in [2.45, 2.75) is 25.8 Å². The maximum absolute atomic E-state index is 12.4. The van der Waals surface area contributed by atoms with Gasteiger partial charge >= 0.3 is 0 Å². The van der Waals surface area contributed by atoms with Crippen LogP contribution in [0.3, 0.4) is 0 Å². The van der Waals surface area contributed by atoms with Crippen molar-refractivity contribution in [3.63, 3.8) is 0 Å². The van der Waals surface area contributed by atoms with Gasteiger partial charge in [-0.25, -0.2) is 0 Å². The fourth-order valence-corrected chi connectivity index (χ4v) is 2.14. The summed E-state index contributed by atoms with van der Waals surface area (Å²) in [6, 6.07) is 5.31. The molecule has 0 saturated carbocycles. The van der Waals surface area contributed by atoms with Crippen molar-refractivity contribution in [2.75, 3.05) is 20.9 Å². The highest BCUT2D eigenvalue weighted by molar-refractivity contribution is 6.00. The fourth-order valence-electron chi connectivity index (χ4n) is 2.14. The molecule has 4 nitrogen and oxygen atoms in total. The van der Waals surface area contributed by atoms with Crippen molar-refractivity contribution in [1.29, 1.82) is 0 Å². The first-order valence-electron chi connectivity index (χ1n) is 6.23. The molecule has 0 amide bonds. The number of fused-ring (bicyclic) bond motifs is 1. The van der Waals surface area contributed by atoms with Gasteiger partial charge in [-0.2, -0.15) is 0 Å². The molecule has 2 rings (SSSR count). The standard InChI is InChI=1S/C14H19NO3/c1-4-5-11(15(2)3)14(16)10-6-7-12-13(8-10)18-9-17-12/h6-8,11H,4-5,9H2,1-3H3. The van der Waals surface area contributed by atoms with Gasteiger partial charge in [0.05, 0.1) is 6.04 Å². The van der Waals surface area contributed by atoms with E-state index in [1.54, 1.807) is 12.1 Å². The van der Waals surface area contributed by atoms with E-state index in [0.29, 0.717) is 17.1 Å². The minimum Gasteiger partial charge on any atom is -0.454 e. The number of Topliss-reactive ketones (excluding diaryl/α,β-unsaturated/α-hetero) is 1. The van der Waals surface area contributed by atoms with E-state index in [1.165, 1.54) is 0 Å². The largest absolute Gasteiger partial charge is 0.454 e. The van der Waals surface area contributed by atoms with Crippen LogP contribution in [0.4, 0.5) is 0 Å². The number of ketones is 1. The maximum Gasteiger partial charge on any atom is 0.231 e. The highest BCUT2D eigenvalue weighted by Crippen LogP contribution is 2.33. The van der Waals surface area contributed by atoms with E-state index in [2.05, 4.69) is 6.92 Å². The molecular weight excluding hydrogens is 230 g/mol. The lowest BCUT2D eigenvalue weighted by Gasteiger charge is -2.22. The molecule has 0 bridgehead atoms. The quantitative estimate of drug-likeness (QED) is 0.751. The molecule has 0 aliphatic carbocycles. The van der Waals surface area contributed by atoms with Crippen LogP contribution in [-0.2, 0) is 0 Å². The SMILES string of the molecule is CCCC(C(=O)c1ccc2c(c1)OCO2)N(C)C. The minimum absolute atomic E-state index is 0.0737. The molecular formula is C14H19NO3. The molecule has 1 aromatic carbocycles. The van der Waals surface area contributed by atoms with Crippen molar-refractivity contribution < 1.29 is 14.3 Å². The Balaban J connectivity index is 2.22. The van der Waals surface area contributed by atoms with E-state index in [0.717, 1.165) is 12.8 Å². The molecule has 1 aliphatic heterocycles. The summed E-state index contributed by atoms with van der Waals surface area (Å²) in [6.07, 6.45) is 1.85. The van der Waals surface area contributed by atoms with Crippen LogP contribution in [0.1, 0.15) is 30.1 Å². The Bertz CT molecular complexity index is 443. The predicted octanol–water partition coefficient (Wildman–Crippen LogP) is 2.33.